The Labute approximate surface area is 80.7 Å². The van der Waals surface area contributed by atoms with E-state index in [0.717, 1.165) is 0 Å². The summed E-state index contributed by atoms with van der Waals surface area (Å²) in [7, 11) is 0. The molecule has 0 fully saturated rings. The molecule has 0 unspecified atom stereocenters. The maximum atomic E-state index is 8.00. The van der Waals surface area contributed by atoms with Crippen LogP contribution in [0.2, 0.25) is 0 Å². The molecule has 48 valence electrons. The van der Waals surface area contributed by atoms with Gasteiger partial charge in [0.2, 0.25) is 0 Å². The van der Waals surface area contributed by atoms with Crippen molar-refractivity contribution in [1.29, 1.82) is 0 Å². The molecule has 0 aliphatic heterocycles. The molecular weight excluding hydrogens is 360 g/mol. The monoisotopic (exact) mass is 362 g/mol. The van der Waals surface area contributed by atoms with Gasteiger partial charge in [-0.15, -0.1) is 0 Å². The zero-order valence-electron chi connectivity index (χ0n) is 2.98. The number of hydrogen-bond acceptors (Lipinski definition) is 1. The van der Waals surface area contributed by atoms with Crippen LogP contribution < -0.4 is 49.6 Å². The Hall–Kier alpha value is 1.47. The third-order valence-electron chi connectivity index (χ3n) is 0. The van der Waals surface area contributed by atoms with Gasteiger partial charge in [-0.25, -0.2) is 0 Å². The van der Waals surface area contributed by atoms with Crippen molar-refractivity contribution in [2.24, 2.45) is 0 Å². The average molecular weight is 362 g/mol. The maximum absolute atomic E-state index is 8.00. The largest absolute Gasteiger partial charge is 4.00 e. The molecule has 0 aliphatic rings. The molecule has 1 nitrogen and oxygen atoms in total. The smallest absolute Gasteiger partial charge is 1.00 e. The van der Waals surface area contributed by atoms with E-state index in [2.05, 4.69) is 0 Å². The molecule has 0 aromatic carbocycles. The van der Waals surface area contributed by atoms with E-state index < -0.39 is 0 Å². The van der Waals surface area contributed by atoms with E-state index in [9.17, 15) is 0 Å². The fourth-order valence-electron chi connectivity index (χ4n) is 0. The van der Waals surface area contributed by atoms with E-state index in [-0.39, 0.29) is 69.4 Å². The van der Waals surface area contributed by atoms with Gasteiger partial charge in [0.05, 0.1) is 0 Å². The fraction of sp³-hybridized carbons (Fsp3) is 0. The summed E-state index contributed by atoms with van der Waals surface area (Å²) in [6.45, 7) is 2.00. The van der Waals surface area contributed by atoms with Gasteiger partial charge in [0.15, 0.2) is 0 Å². The normalized spacial score (nSPS) is 0.571. The predicted molar refractivity (Wildman–Crippen MR) is 7.12 cm³/mol. The van der Waals surface area contributed by atoms with Crippen molar-refractivity contribution < 1.29 is 74.2 Å². The molecule has 6 heteroatoms. The molecular formula is CH2Cl4OOs. The van der Waals surface area contributed by atoms with Crippen molar-refractivity contribution in [2.75, 3.05) is 0 Å². The first-order chi connectivity index (χ1) is 1.00. The van der Waals surface area contributed by atoms with Crippen molar-refractivity contribution in [2.45, 2.75) is 0 Å². The van der Waals surface area contributed by atoms with Crippen molar-refractivity contribution >= 4 is 6.79 Å². The summed E-state index contributed by atoms with van der Waals surface area (Å²) < 4.78 is 0. The summed E-state index contributed by atoms with van der Waals surface area (Å²) in [5, 5.41) is 0. The molecule has 0 radical (unpaired) electrons. The van der Waals surface area contributed by atoms with Crippen molar-refractivity contribution in [3.05, 3.63) is 0 Å². The molecule has 0 aromatic heterocycles. The molecule has 7 heavy (non-hydrogen) atoms. The molecule has 0 saturated heterocycles. The molecule has 0 spiro atoms. The molecule has 0 heterocycles. The van der Waals surface area contributed by atoms with Crippen molar-refractivity contribution in [1.82, 2.24) is 0 Å². The van der Waals surface area contributed by atoms with Gasteiger partial charge in [-0.1, -0.05) is 0 Å². The van der Waals surface area contributed by atoms with Gasteiger partial charge in [-0.3, -0.25) is 0 Å². The van der Waals surface area contributed by atoms with Crippen LogP contribution in [-0.4, -0.2) is 6.79 Å². The van der Waals surface area contributed by atoms with E-state index in [1.165, 1.54) is 0 Å². The Bertz CT molecular complexity index is 11.7. The van der Waals surface area contributed by atoms with E-state index in [0.29, 0.717) is 0 Å². The van der Waals surface area contributed by atoms with Crippen LogP contribution in [-0.2, 0) is 24.6 Å². The molecule has 0 aliphatic carbocycles. The first kappa shape index (κ1) is 77.6. The van der Waals surface area contributed by atoms with Gasteiger partial charge in [0, 0.05) is 0 Å². The van der Waals surface area contributed by atoms with Gasteiger partial charge in [0.1, 0.15) is 6.79 Å². The summed E-state index contributed by atoms with van der Waals surface area (Å²) in [6, 6.07) is 0. The number of carbonyl (C=O) groups excluding carboxylic acids is 1. The third kappa shape index (κ3) is 104. The van der Waals surface area contributed by atoms with Crippen molar-refractivity contribution in [3.8, 4) is 0 Å². The van der Waals surface area contributed by atoms with Crippen LogP contribution in [0.4, 0.5) is 0 Å². The van der Waals surface area contributed by atoms with Crippen LogP contribution in [0.5, 0.6) is 0 Å². The van der Waals surface area contributed by atoms with Gasteiger partial charge < -0.3 is 54.4 Å². The van der Waals surface area contributed by atoms with Crippen LogP contribution >= 0.6 is 0 Å². The average Bonchev–Trinajstić information content (AvgIpc) is 1.00. The minimum Gasteiger partial charge on any atom is -1.00 e. The first-order valence-electron chi connectivity index (χ1n) is 0.289. The molecule has 0 saturated carbocycles. The second-order valence-corrected chi connectivity index (χ2v) is 0. The topological polar surface area (TPSA) is 17.1 Å². The Morgan fingerprint density at radius 1 is 0.714 bits per heavy atom. The zero-order valence-corrected chi connectivity index (χ0v) is 8.54. The van der Waals surface area contributed by atoms with E-state index in [1.54, 1.807) is 0 Å². The first-order valence-corrected chi connectivity index (χ1v) is 0.289. The minimum absolute atomic E-state index is 0. The Morgan fingerprint density at radius 3 is 0.714 bits per heavy atom. The third-order valence-corrected chi connectivity index (χ3v) is 0. The van der Waals surface area contributed by atoms with Crippen LogP contribution in [0.3, 0.4) is 0 Å². The summed E-state index contributed by atoms with van der Waals surface area (Å²) in [4.78, 5) is 8.00. The van der Waals surface area contributed by atoms with Crippen LogP contribution in [0.15, 0.2) is 0 Å². The molecule has 0 amide bonds. The van der Waals surface area contributed by atoms with Gasteiger partial charge >= 0.3 is 19.8 Å². The minimum atomic E-state index is 0. The zero-order chi connectivity index (χ0) is 2.00. The maximum Gasteiger partial charge on any atom is 4.00 e. The Balaban J connectivity index is -0.000000000500. The number of carbonyl (C=O) groups is 1. The molecule has 0 rings (SSSR count). The number of halogens is 4. The van der Waals surface area contributed by atoms with Gasteiger partial charge in [0.25, 0.3) is 0 Å². The van der Waals surface area contributed by atoms with Gasteiger partial charge in [-0.2, -0.15) is 0 Å². The Kier molecular flexibility index (Phi) is 1610. The quantitative estimate of drug-likeness (QED) is 0.419. The standard InChI is InChI=1S/CH2O.4ClH.Os/c1-2;;;;;/h1H2;4*1H;/q;;;;;+4/p-4. The predicted octanol–water partition coefficient (Wildman–Crippen LogP) is -12.2. The molecule has 0 bridgehead atoms. The molecule has 0 aromatic rings. The summed E-state index contributed by atoms with van der Waals surface area (Å²) in [5.41, 5.74) is 0. The van der Waals surface area contributed by atoms with E-state index >= 15 is 0 Å². The Morgan fingerprint density at radius 2 is 0.714 bits per heavy atom. The van der Waals surface area contributed by atoms with E-state index in [4.69, 9.17) is 4.79 Å². The fourth-order valence-corrected chi connectivity index (χ4v) is 0. The van der Waals surface area contributed by atoms with E-state index in [1.807, 2.05) is 6.79 Å². The summed E-state index contributed by atoms with van der Waals surface area (Å²) in [6.07, 6.45) is 0. The van der Waals surface area contributed by atoms with Crippen LogP contribution in [0.1, 0.15) is 0 Å². The second-order valence-electron chi connectivity index (χ2n) is 0. The number of hydrogen-bond donors (Lipinski definition) is 0. The van der Waals surface area contributed by atoms with Crippen molar-refractivity contribution in [3.63, 3.8) is 0 Å². The summed E-state index contributed by atoms with van der Waals surface area (Å²) >= 11 is 0. The summed E-state index contributed by atoms with van der Waals surface area (Å²) in [5.74, 6) is 0. The SMILES string of the molecule is C=O.[Cl-].[Cl-].[Cl-].[Cl-].[Os+4]. The second kappa shape index (κ2) is 145. The van der Waals surface area contributed by atoms with Crippen LogP contribution in [0.25, 0.3) is 0 Å². The number of rotatable bonds is 0. The molecule has 0 atom stereocenters. The molecule has 0 N–H and O–H groups in total. The van der Waals surface area contributed by atoms with Crippen LogP contribution in [0, 0.1) is 0 Å². The van der Waals surface area contributed by atoms with Gasteiger partial charge in [-0.05, 0) is 0 Å².